The summed E-state index contributed by atoms with van der Waals surface area (Å²) in [6, 6.07) is 6.49. The second-order valence-electron chi connectivity index (χ2n) is 5.86. The van der Waals surface area contributed by atoms with Crippen molar-refractivity contribution in [1.29, 1.82) is 0 Å². The Morgan fingerprint density at radius 3 is 2.85 bits per heavy atom. The Morgan fingerprint density at radius 1 is 1.25 bits per heavy atom. The third-order valence-corrected chi connectivity index (χ3v) is 4.22. The minimum Gasteiger partial charge on any atom is -0.491 e. The first kappa shape index (κ1) is 14.2. The fraction of sp³-hybridized carbons (Fsp3) is 0.625. The zero-order valence-electron chi connectivity index (χ0n) is 11.9. The third kappa shape index (κ3) is 3.87. The smallest absolute Gasteiger partial charge is 0.123 e. The molecule has 3 rings (SSSR count). The molecule has 1 aliphatic heterocycles. The summed E-state index contributed by atoms with van der Waals surface area (Å²) in [7, 11) is 0. The number of ether oxygens (including phenoxy) is 2. The van der Waals surface area contributed by atoms with E-state index in [1.54, 1.807) is 0 Å². The summed E-state index contributed by atoms with van der Waals surface area (Å²) >= 11 is 5.99. The molecular weight excluding hydrogens is 274 g/mol. The third-order valence-electron chi connectivity index (χ3n) is 3.98. The average molecular weight is 296 g/mol. The first-order valence-corrected chi connectivity index (χ1v) is 7.86. The summed E-state index contributed by atoms with van der Waals surface area (Å²) in [5.41, 5.74) is 1.11. The lowest BCUT2D eigenvalue weighted by Crippen LogP contribution is -2.29. The van der Waals surface area contributed by atoms with Gasteiger partial charge >= 0.3 is 0 Å². The van der Waals surface area contributed by atoms with E-state index in [-0.39, 0.29) is 6.10 Å². The van der Waals surface area contributed by atoms with Crippen LogP contribution in [0.4, 0.5) is 0 Å². The maximum atomic E-state index is 6.01. The van der Waals surface area contributed by atoms with Gasteiger partial charge in [0.2, 0.25) is 0 Å². The molecule has 0 amide bonds. The van der Waals surface area contributed by atoms with Crippen molar-refractivity contribution < 1.29 is 9.47 Å². The van der Waals surface area contributed by atoms with Crippen LogP contribution < -0.4 is 10.1 Å². The Bertz CT molecular complexity index is 462. The van der Waals surface area contributed by atoms with Crippen LogP contribution in [-0.4, -0.2) is 31.4 Å². The highest BCUT2D eigenvalue weighted by atomic mass is 35.5. The van der Waals surface area contributed by atoms with Crippen LogP contribution in [-0.2, 0) is 4.74 Å². The van der Waals surface area contributed by atoms with Gasteiger partial charge in [0.1, 0.15) is 12.4 Å². The Hall–Kier alpha value is -0.770. The summed E-state index contributed by atoms with van der Waals surface area (Å²) in [6.45, 7) is 3.63. The lowest BCUT2D eigenvalue weighted by molar-refractivity contribution is 0.0183. The Kier molecular flexibility index (Phi) is 4.49. The van der Waals surface area contributed by atoms with Crippen molar-refractivity contribution in [2.75, 3.05) is 13.2 Å². The molecule has 0 bridgehead atoms. The van der Waals surface area contributed by atoms with E-state index in [0.29, 0.717) is 17.7 Å². The van der Waals surface area contributed by atoms with Gasteiger partial charge in [-0.15, -0.1) is 0 Å². The molecule has 0 radical (unpaired) electrons. The second kappa shape index (κ2) is 6.33. The number of hydrogen-bond donors (Lipinski definition) is 1. The van der Waals surface area contributed by atoms with Crippen LogP contribution in [0.15, 0.2) is 18.2 Å². The molecule has 1 saturated carbocycles. The number of halogens is 1. The Balaban J connectivity index is 1.43. The molecule has 2 fully saturated rings. The standard InChI is InChI=1S/C16H22ClNO2/c1-11-2-3-12(17)8-16(11)19-10-15-7-6-14(20-15)9-18-13-4-5-13/h2-3,8,13-15,18H,4-7,9-10H2,1H3. The van der Waals surface area contributed by atoms with E-state index in [1.165, 1.54) is 12.8 Å². The normalized spacial score (nSPS) is 25.9. The quantitative estimate of drug-likeness (QED) is 0.873. The van der Waals surface area contributed by atoms with Crippen LogP contribution in [0.3, 0.4) is 0 Å². The average Bonchev–Trinajstić information content (AvgIpc) is 3.16. The van der Waals surface area contributed by atoms with Gasteiger partial charge < -0.3 is 14.8 Å². The molecule has 0 spiro atoms. The topological polar surface area (TPSA) is 30.5 Å². The van der Waals surface area contributed by atoms with Crippen LogP contribution in [0.1, 0.15) is 31.2 Å². The molecule has 2 unspecified atom stereocenters. The van der Waals surface area contributed by atoms with E-state index >= 15 is 0 Å². The number of nitrogens with one attached hydrogen (secondary N) is 1. The lowest BCUT2D eigenvalue weighted by Gasteiger charge is -2.16. The molecule has 1 aromatic carbocycles. The fourth-order valence-electron chi connectivity index (χ4n) is 2.55. The Labute approximate surface area is 125 Å². The van der Waals surface area contributed by atoms with Crippen LogP contribution in [0.2, 0.25) is 5.02 Å². The van der Waals surface area contributed by atoms with Gasteiger partial charge in [-0.05, 0) is 50.3 Å². The van der Waals surface area contributed by atoms with Crippen molar-refractivity contribution >= 4 is 11.6 Å². The van der Waals surface area contributed by atoms with Gasteiger partial charge in [-0.25, -0.2) is 0 Å². The van der Waals surface area contributed by atoms with Crippen LogP contribution in [0, 0.1) is 6.92 Å². The molecule has 110 valence electrons. The van der Waals surface area contributed by atoms with Crippen molar-refractivity contribution in [3.05, 3.63) is 28.8 Å². The Morgan fingerprint density at radius 2 is 2.05 bits per heavy atom. The zero-order valence-corrected chi connectivity index (χ0v) is 12.7. The molecule has 20 heavy (non-hydrogen) atoms. The lowest BCUT2D eigenvalue weighted by atomic mass is 10.2. The molecular formula is C16H22ClNO2. The maximum Gasteiger partial charge on any atom is 0.123 e. The molecule has 0 aromatic heterocycles. The van der Waals surface area contributed by atoms with Gasteiger partial charge in [-0.3, -0.25) is 0 Å². The molecule has 3 nitrogen and oxygen atoms in total. The first-order valence-electron chi connectivity index (χ1n) is 7.48. The van der Waals surface area contributed by atoms with Crippen LogP contribution in [0.5, 0.6) is 5.75 Å². The fourth-order valence-corrected chi connectivity index (χ4v) is 2.71. The number of hydrogen-bond acceptors (Lipinski definition) is 3. The van der Waals surface area contributed by atoms with E-state index in [0.717, 1.165) is 36.7 Å². The number of aryl methyl sites for hydroxylation is 1. The largest absolute Gasteiger partial charge is 0.491 e. The van der Waals surface area contributed by atoms with Crippen molar-refractivity contribution in [2.45, 2.75) is 50.9 Å². The SMILES string of the molecule is Cc1ccc(Cl)cc1OCC1CCC(CNC2CC2)O1. The summed E-state index contributed by atoms with van der Waals surface area (Å²) in [5.74, 6) is 0.862. The van der Waals surface area contributed by atoms with E-state index in [4.69, 9.17) is 21.1 Å². The maximum absolute atomic E-state index is 6.01. The van der Waals surface area contributed by atoms with Crippen molar-refractivity contribution in [2.24, 2.45) is 0 Å². The molecule has 1 aromatic rings. The highest BCUT2D eigenvalue weighted by Crippen LogP contribution is 2.26. The minimum atomic E-state index is 0.208. The minimum absolute atomic E-state index is 0.208. The highest BCUT2D eigenvalue weighted by Gasteiger charge is 2.28. The van der Waals surface area contributed by atoms with Gasteiger partial charge in [0.05, 0.1) is 12.2 Å². The van der Waals surface area contributed by atoms with E-state index in [9.17, 15) is 0 Å². The van der Waals surface area contributed by atoms with Crippen LogP contribution >= 0.6 is 11.6 Å². The highest BCUT2D eigenvalue weighted by molar-refractivity contribution is 6.30. The second-order valence-corrected chi connectivity index (χ2v) is 6.30. The van der Waals surface area contributed by atoms with Crippen molar-refractivity contribution in [1.82, 2.24) is 5.32 Å². The van der Waals surface area contributed by atoms with Gasteiger partial charge in [-0.1, -0.05) is 17.7 Å². The van der Waals surface area contributed by atoms with Crippen molar-refractivity contribution in [3.8, 4) is 5.75 Å². The summed E-state index contributed by atoms with van der Waals surface area (Å²) in [6.07, 6.45) is 5.42. The van der Waals surface area contributed by atoms with Gasteiger partial charge in [-0.2, -0.15) is 0 Å². The molecule has 1 saturated heterocycles. The van der Waals surface area contributed by atoms with E-state index in [2.05, 4.69) is 5.32 Å². The summed E-state index contributed by atoms with van der Waals surface area (Å²) in [5, 5.41) is 4.24. The molecule has 2 atom stereocenters. The predicted molar refractivity (Wildman–Crippen MR) is 80.6 cm³/mol. The number of benzene rings is 1. The molecule has 2 aliphatic rings. The van der Waals surface area contributed by atoms with Crippen LogP contribution in [0.25, 0.3) is 0 Å². The summed E-state index contributed by atoms with van der Waals surface area (Å²) in [4.78, 5) is 0. The molecule has 1 aliphatic carbocycles. The van der Waals surface area contributed by atoms with E-state index < -0.39 is 0 Å². The van der Waals surface area contributed by atoms with Gasteiger partial charge in [0.25, 0.3) is 0 Å². The zero-order chi connectivity index (χ0) is 13.9. The van der Waals surface area contributed by atoms with Gasteiger partial charge in [0.15, 0.2) is 0 Å². The number of rotatable bonds is 6. The predicted octanol–water partition coefficient (Wildman–Crippen LogP) is 3.33. The van der Waals surface area contributed by atoms with E-state index in [1.807, 2.05) is 25.1 Å². The first-order chi connectivity index (χ1) is 9.70. The van der Waals surface area contributed by atoms with Crippen molar-refractivity contribution in [3.63, 3.8) is 0 Å². The monoisotopic (exact) mass is 295 g/mol. The molecule has 4 heteroatoms. The molecule has 1 heterocycles. The molecule has 1 N–H and O–H groups in total. The summed E-state index contributed by atoms with van der Waals surface area (Å²) < 4.78 is 11.9. The van der Waals surface area contributed by atoms with Gasteiger partial charge in [0, 0.05) is 17.6 Å².